The Balaban J connectivity index is 2.52. The zero-order chi connectivity index (χ0) is 12.4. The maximum atomic E-state index is 13.3. The number of hydrogen-bond acceptors (Lipinski definition) is 3. The zero-order valence-electron chi connectivity index (χ0n) is 9.24. The summed E-state index contributed by atoms with van der Waals surface area (Å²) in [7, 11) is 0. The van der Waals surface area contributed by atoms with E-state index in [4.69, 9.17) is 10.5 Å². The van der Waals surface area contributed by atoms with Crippen molar-refractivity contribution in [2.75, 3.05) is 6.61 Å². The fourth-order valence-electron chi connectivity index (χ4n) is 1.64. The molecule has 0 aliphatic carbocycles. The Labute approximate surface area is 97.2 Å². The molecular formula is C12H11FN2O2. The molecule has 88 valence electrons. The van der Waals surface area contributed by atoms with Gasteiger partial charge in [-0.3, -0.25) is 9.78 Å². The van der Waals surface area contributed by atoms with Crippen LogP contribution in [-0.4, -0.2) is 17.5 Å². The summed E-state index contributed by atoms with van der Waals surface area (Å²) in [5.41, 5.74) is 6.35. The molecule has 2 N–H and O–H groups in total. The molecule has 0 saturated carbocycles. The molecule has 0 aliphatic heterocycles. The van der Waals surface area contributed by atoms with E-state index in [-0.39, 0.29) is 12.4 Å². The van der Waals surface area contributed by atoms with Crippen molar-refractivity contribution >= 4 is 16.8 Å². The summed E-state index contributed by atoms with van der Waals surface area (Å²) in [5.74, 6) is -0.550. The van der Waals surface area contributed by atoms with Gasteiger partial charge in [0.1, 0.15) is 11.6 Å². The van der Waals surface area contributed by atoms with Crippen LogP contribution in [0.2, 0.25) is 0 Å². The molecule has 0 bridgehead atoms. The smallest absolute Gasteiger partial charge is 0.255 e. The molecule has 0 radical (unpaired) electrons. The number of pyridine rings is 1. The van der Waals surface area contributed by atoms with Crippen LogP contribution < -0.4 is 10.5 Å². The number of ether oxygens (including phenoxy) is 1. The third-order valence-corrected chi connectivity index (χ3v) is 2.33. The summed E-state index contributed by atoms with van der Waals surface area (Å²) in [6.45, 7) is 1.52. The topological polar surface area (TPSA) is 65.2 Å². The number of hydrogen-bond donors (Lipinski definition) is 1. The number of primary amides is 1. The monoisotopic (exact) mass is 234 g/mol. The molecule has 4 nitrogen and oxygen atoms in total. The number of rotatable bonds is 3. The number of benzene rings is 1. The van der Waals surface area contributed by atoms with Gasteiger partial charge < -0.3 is 10.5 Å². The van der Waals surface area contributed by atoms with Crippen LogP contribution in [0.25, 0.3) is 10.9 Å². The van der Waals surface area contributed by atoms with Gasteiger partial charge in [0.05, 0.1) is 5.52 Å². The largest absolute Gasteiger partial charge is 0.483 e. The minimum Gasteiger partial charge on any atom is -0.483 e. The number of carbonyl (C=O) groups excluding carboxylic acids is 1. The molecule has 0 saturated heterocycles. The Morgan fingerprint density at radius 2 is 2.29 bits per heavy atom. The first kappa shape index (κ1) is 11.3. The van der Waals surface area contributed by atoms with Crippen molar-refractivity contribution in [2.45, 2.75) is 6.92 Å². The molecule has 0 unspecified atom stereocenters. The molecule has 5 heteroatoms. The van der Waals surface area contributed by atoms with Gasteiger partial charge in [-0.1, -0.05) is 0 Å². The molecule has 1 aromatic heterocycles. The first-order valence-electron chi connectivity index (χ1n) is 5.04. The van der Waals surface area contributed by atoms with E-state index in [1.54, 1.807) is 19.2 Å². The molecular weight excluding hydrogens is 223 g/mol. The predicted octanol–water partition coefficient (Wildman–Crippen LogP) is 1.55. The van der Waals surface area contributed by atoms with E-state index in [1.165, 1.54) is 12.1 Å². The summed E-state index contributed by atoms with van der Waals surface area (Å²) in [6, 6.07) is 4.29. The highest BCUT2D eigenvalue weighted by molar-refractivity contribution is 5.87. The molecule has 1 amide bonds. The second-order valence-electron chi connectivity index (χ2n) is 3.68. The van der Waals surface area contributed by atoms with E-state index in [1.807, 2.05) is 0 Å². The average Bonchev–Trinajstić information content (AvgIpc) is 2.26. The second-order valence-corrected chi connectivity index (χ2v) is 3.68. The number of aryl methyl sites for hydroxylation is 1. The Morgan fingerprint density at radius 1 is 1.53 bits per heavy atom. The van der Waals surface area contributed by atoms with E-state index in [2.05, 4.69) is 4.98 Å². The van der Waals surface area contributed by atoms with Crippen molar-refractivity contribution in [3.63, 3.8) is 0 Å². The molecule has 0 aliphatic rings. The number of carbonyl (C=O) groups is 1. The molecule has 1 heterocycles. The average molecular weight is 234 g/mol. The van der Waals surface area contributed by atoms with Crippen LogP contribution in [0.1, 0.15) is 5.56 Å². The maximum absolute atomic E-state index is 13.3. The molecule has 2 rings (SSSR count). The van der Waals surface area contributed by atoms with Crippen LogP contribution in [-0.2, 0) is 4.79 Å². The molecule has 17 heavy (non-hydrogen) atoms. The van der Waals surface area contributed by atoms with E-state index in [9.17, 15) is 9.18 Å². The number of nitrogens with two attached hydrogens (primary N) is 1. The lowest BCUT2D eigenvalue weighted by atomic mass is 10.1. The van der Waals surface area contributed by atoms with Gasteiger partial charge >= 0.3 is 0 Å². The summed E-state index contributed by atoms with van der Waals surface area (Å²) < 4.78 is 18.5. The van der Waals surface area contributed by atoms with Crippen LogP contribution >= 0.6 is 0 Å². The number of aromatic nitrogens is 1. The second kappa shape index (κ2) is 4.37. The third-order valence-electron chi connectivity index (χ3n) is 2.33. The highest BCUT2D eigenvalue weighted by Gasteiger charge is 2.08. The summed E-state index contributed by atoms with van der Waals surface area (Å²) in [4.78, 5) is 14.8. The van der Waals surface area contributed by atoms with Gasteiger partial charge in [-0.05, 0) is 30.7 Å². The van der Waals surface area contributed by atoms with Crippen molar-refractivity contribution in [2.24, 2.45) is 5.73 Å². The Morgan fingerprint density at radius 3 is 3.00 bits per heavy atom. The zero-order valence-corrected chi connectivity index (χ0v) is 9.24. The van der Waals surface area contributed by atoms with Crippen LogP contribution in [0.15, 0.2) is 24.4 Å². The van der Waals surface area contributed by atoms with Gasteiger partial charge in [-0.25, -0.2) is 4.39 Å². The Hall–Kier alpha value is -2.17. The van der Waals surface area contributed by atoms with Gasteiger partial charge in [0.25, 0.3) is 5.91 Å². The van der Waals surface area contributed by atoms with Crippen LogP contribution in [0.5, 0.6) is 5.75 Å². The maximum Gasteiger partial charge on any atom is 0.255 e. The van der Waals surface area contributed by atoms with Crippen LogP contribution in [0.3, 0.4) is 0 Å². The number of halogens is 1. The molecule has 0 fully saturated rings. The predicted molar refractivity (Wildman–Crippen MR) is 61.1 cm³/mol. The fraction of sp³-hybridized carbons (Fsp3) is 0.167. The van der Waals surface area contributed by atoms with E-state index in [0.29, 0.717) is 22.2 Å². The molecule has 1 aromatic carbocycles. The lowest BCUT2D eigenvalue weighted by Gasteiger charge is -2.08. The number of nitrogens with zero attached hydrogens (tertiary/aromatic N) is 1. The van der Waals surface area contributed by atoms with Gasteiger partial charge in [0.2, 0.25) is 0 Å². The van der Waals surface area contributed by atoms with Gasteiger partial charge in [-0.2, -0.15) is 0 Å². The minimum absolute atomic E-state index is 0.241. The molecule has 2 aromatic rings. The lowest BCUT2D eigenvalue weighted by Crippen LogP contribution is -2.20. The summed E-state index contributed by atoms with van der Waals surface area (Å²) in [5, 5.41) is 0.534. The quantitative estimate of drug-likeness (QED) is 0.876. The number of fused-ring (bicyclic) bond motifs is 1. The molecule has 0 atom stereocenters. The SMILES string of the molecule is Cc1cc(F)cc2c(OCC(N)=O)ccnc12. The minimum atomic E-state index is -0.580. The molecule has 0 spiro atoms. The van der Waals surface area contributed by atoms with E-state index < -0.39 is 5.91 Å². The highest BCUT2D eigenvalue weighted by Crippen LogP contribution is 2.26. The van der Waals surface area contributed by atoms with Gasteiger partial charge in [0.15, 0.2) is 6.61 Å². The van der Waals surface area contributed by atoms with Crippen molar-refractivity contribution in [3.05, 3.63) is 35.8 Å². The van der Waals surface area contributed by atoms with Crippen LogP contribution in [0, 0.1) is 12.7 Å². The van der Waals surface area contributed by atoms with Crippen LogP contribution in [0.4, 0.5) is 4.39 Å². The van der Waals surface area contributed by atoms with Crippen molar-refractivity contribution in [3.8, 4) is 5.75 Å². The van der Waals surface area contributed by atoms with Gasteiger partial charge in [-0.15, -0.1) is 0 Å². The third kappa shape index (κ3) is 2.33. The first-order valence-corrected chi connectivity index (χ1v) is 5.04. The van der Waals surface area contributed by atoms with Gasteiger partial charge in [0, 0.05) is 11.6 Å². The standard InChI is InChI=1S/C12H11FN2O2/c1-7-4-8(13)5-9-10(17-6-11(14)16)2-3-15-12(7)9/h2-5H,6H2,1H3,(H2,14,16). The van der Waals surface area contributed by atoms with E-state index in [0.717, 1.165) is 0 Å². The van der Waals surface area contributed by atoms with Crippen molar-refractivity contribution in [1.82, 2.24) is 4.98 Å². The normalized spacial score (nSPS) is 10.5. The van der Waals surface area contributed by atoms with Crippen molar-refractivity contribution in [1.29, 1.82) is 0 Å². The summed E-state index contributed by atoms with van der Waals surface area (Å²) >= 11 is 0. The van der Waals surface area contributed by atoms with E-state index >= 15 is 0 Å². The summed E-state index contributed by atoms with van der Waals surface area (Å²) in [6.07, 6.45) is 1.55. The Bertz CT molecular complexity index is 584. The highest BCUT2D eigenvalue weighted by atomic mass is 19.1. The van der Waals surface area contributed by atoms with Crippen molar-refractivity contribution < 1.29 is 13.9 Å². The Kier molecular flexibility index (Phi) is 2.91. The lowest BCUT2D eigenvalue weighted by molar-refractivity contribution is -0.119. The number of amides is 1. The first-order chi connectivity index (χ1) is 8.08. The fourth-order valence-corrected chi connectivity index (χ4v) is 1.64.